The normalized spacial score (nSPS) is 10.5. The van der Waals surface area contributed by atoms with Crippen LogP contribution in [0.15, 0.2) is 53.0 Å². The van der Waals surface area contributed by atoms with Crippen LogP contribution in [0.2, 0.25) is 0 Å². The lowest BCUT2D eigenvalue weighted by molar-refractivity contribution is 0.0458. The molecule has 23 heavy (non-hydrogen) atoms. The van der Waals surface area contributed by atoms with Crippen molar-refractivity contribution < 1.29 is 13.9 Å². The molecule has 3 aromatic rings. The number of ether oxygens (including phenoxy) is 1. The summed E-state index contributed by atoms with van der Waals surface area (Å²) < 4.78 is 20.1. The third-order valence-corrected chi connectivity index (χ3v) is 3.67. The van der Waals surface area contributed by atoms with Crippen molar-refractivity contribution in [3.05, 3.63) is 70.2 Å². The van der Waals surface area contributed by atoms with E-state index in [1.165, 1.54) is 22.9 Å². The van der Waals surface area contributed by atoms with Gasteiger partial charge in [0, 0.05) is 4.47 Å². The lowest BCUT2D eigenvalue weighted by Crippen LogP contribution is -2.10. The van der Waals surface area contributed by atoms with Crippen molar-refractivity contribution >= 4 is 21.9 Å². The van der Waals surface area contributed by atoms with Gasteiger partial charge in [0.15, 0.2) is 12.4 Å². The molecule has 0 unspecified atom stereocenters. The van der Waals surface area contributed by atoms with E-state index in [-0.39, 0.29) is 12.2 Å². The maximum Gasteiger partial charge on any atom is 0.339 e. The molecular weight excluding hydrogens is 367 g/mol. The number of carbonyl (C=O) groups is 1. The first kappa shape index (κ1) is 15.3. The molecule has 0 N–H and O–H groups in total. The van der Waals surface area contributed by atoms with Gasteiger partial charge in [-0.3, -0.25) is 0 Å². The maximum atomic E-state index is 13.0. The van der Waals surface area contributed by atoms with Crippen LogP contribution in [0.4, 0.5) is 4.39 Å². The molecular formula is C15H10BrFN4O2. The molecule has 0 atom stereocenters. The first-order valence-electron chi connectivity index (χ1n) is 6.60. The quantitative estimate of drug-likeness (QED) is 0.654. The minimum atomic E-state index is -0.598. The minimum absolute atomic E-state index is 0.107. The van der Waals surface area contributed by atoms with Gasteiger partial charge in [0.2, 0.25) is 0 Å². The second-order valence-corrected chi connectivity index (χ2v) is 5.40. The lowest BCUT2D eigenvalue weighted by atomic mass is 10.2. The van der Waals surface area contributed by atoms with E-state index >= 15 is 0 Å². The van der Waals surface area contributed by atoms with Gasteiger partial charge >= 0.3 is 5.97 Å². The Morgan fingerprint density at radius 2 is 2.00 bits per heavy atom. The zero-order valence-corrected chi connectivity index (χ0v) is 13.3. The Morgan fingerprint density at radius 3 is 2.74 bits per heavy atom. The molecule has 0 spiro atoms. The SMILES string of the molecule is O=C(OCc1nnnn1-c1ccccc1)c1ccc(F)cc1Br. The number of hydrogen-bond acceptors (Lipinski definition) is 5. The summed E-state index contributed by atoms with van der Waals surface area (Å²) in [4.78, 5) is 12.1. The van der Waals surface area contributed by atoms with E-state index in [4.69, 9.17) is 4.74 Å². The Morgan fingerprint density at radius 1 is 1.22 bits per heavy atom. The predicted octanol–water partition coefficient (Wildman–Crippen LogP) is 2.92. The summed E-state index contributed by atoms with van der Waals surface area (Å²) in [6.07, 6.45) is 0. The fourth-order valence-corrected chi connectivity index (χ4v) is 2.44. The second-order valence-electron chi connectivity index (χ2n) is 4.54. The summed E-state index contributed by atoms with van der Waals surface area (Å²) in [5, 5.41) is 11.3. The largest absolute Gasteiger partial charge is 0.454 e. The molecule has 0 saturated heterocycles. The van der Waals surface area contributed by atoms with Crippen LogP contribution in [0.25, 0.3) is 5.69 Å². The molecule has 3 rings (SSSR count). The zero-order chi connectivity index (χ0) is 16.2. The zero-order valence-electron chi connectivity index (χ0n) is 11.7. The highest BCUT2D eigenvalue weighted by molar-refractivity contribution is 9.10. The van der Waals surface area contributed by atoms with Crippen LogP contribution in [-0.4, -0.2) is 26.2 Å². The third-order valence-electron chi connectivity index (χ3n) is 3.02. The number of esters is 1. The highest BCUT2D eigenvalue weighted by Crippen LogP contribution is 2.19. The van der Waals surface area contributed by atoms with Crippen LogP contribution in [0.5, 0.6) is 0 Å². The van der Waals surface area contributed by atoms with Gasteiger partial charge in [0.1, 0.15) is 5.82 Å². The van der Waals surface area contributed by atoms with E-state index in [0.29, 0.717) is 10.3 Å². The summed E-state index contributed by atoms with van der Waals surface area (Å²) in [5.74, 6) is -0.663. The molecule has 0 aliphatic rings. The molecule has 0 radical (unpaired) electrons. The molecule has 0 amide bonds. The number of nitrogens with zero attached hydrogens (tertiary/aromatic N) is 4. The van der Waals surface area contributed by atoms with E-state index in [1.807, 2.05) is 30.3 Å². The molecule has 8 heteroatoms. The Balaban J connectivity index is 1.74. The van der Waals surface area contributed by atoms with Crippen molar-refractivity contribution in [2.75, 3.05) is 0 Å². The van der Waals surface area contributed by atoms with Crippen molar-refractivity contribution in [3.8, 4) is 5.69 Å². The number of para-hydroxylation sites is 1. The van der Waals surface area contributed by atoms with Crippen LogP contribution in [0, 0.1) is 5.82 Å². The molecule has 0 saturated carbocycles. The van der Waals surface area contributed by atoms with E-state index < -0.39 is 11.8 Å². The number of tetrazole rings is 1. The first-order chi connectivity index (χ1) is 11.1. The summed E-state index contributed by atoms with van der Waals surface area (Å²) >= 11 is 3.13. The van der Waals surface area contributed by atoms with Crippen LogP contribution < -0.4 is 0 Å². The highest BCUT2D eigenvalue weighted by Gasteiger charge is 2.15. The smallest absolute Gasteiger partial charge is 0.339 e. The van der Waals surface area contributed by atoms with Gasteiger partial charge in [-0.2, -0.15) is 4.68 Å². The summed E-state index contributed by atoms with van der Waals surface area (Å²) in [6.45, 7) is -0.107. The number of rotatable bonds is 4. The van der Waals surface area contributed by atoms with E-state index in [9.17, 15) is 9.18 Å². The van der Waals surface area contributed by atoms with Crippen molar-refractivity contribution in [2.24, 2.45) is 0 Å². The molecule has 1 aromatic heterocycles. The van der Waals surface area contributed by atoms with E-state index in [2.05, 4.69) is 31.5 Å². The molecule has 0 aliphatic carbocycles. The van der Waals surface area contributed by atoms with Crippen LogP contribution in [-0.2, 0) is 11.3 Å². The second kappa shape index (κ2) is 6.66. The predicted molar refractivity (Wildman–Crippen MR) is 82.4 cm³/mol. The molecule has 6 nitrogen and oxygen atoms in total. The maximum absolute atomic E-state index is 13.0. The van der Waals surface area contributed by atoms with Gasteiger partial charge in [-0.15, -0.1) is 5.10 Å². The molecule has 1 heterocycles. The standard InChI is InChI=1S/C15H10BrFN4O2/c16-13-8-10(17)6-7-12(13)15(22)23-9-14-18-19-20-21(14)11-4-2-1-3-5-11/h1-8H,9H2. The average Bonchev–Trinajstić information content (AvgIpc) is 3.02. The van der Waals surface area contributed by atoms with Gasteiger partial charge < -0.3 is 4.74 Å². The fraction of sp³-hybridized carbons (Fsp3) is 0.0667. The Bertz CT molecular complexity index is 839. The third kappa shape index (κ3) is 3.42. The lowest BCUT2D eigenvalue weighted by Gasteiger charge is -2.07. The van der Waals surface area contributed by atoms with E-state index in [0.717, 1.165) is 5.69 Å². The Hall–Kier alpha value is -2.61. The highest BCUT2D eigenvalue weighted by atomic mass is 79.9. The summed E-state index contributed by atoms with van der Waals surface area (Å²) in [6, 6.07) is 13.0. The topological polar surface area (TPSA) is 69.9 Å². The van der Waals surface area contributed by atoms with Gasteiger partial charge in [0.25, 0.3) is 0 Å². The monoisotopic (exact) mass is 376 g/mol. The van der Waals surface area contributed by atoms with Crippen LogP contribution in [0.3, 0.4) is 0 Å². The van der Waals surface area contributed by atoms with Crippen molar-refractivity contribution in [1.29, 1.82) is 0 Å². The van der Waals surface area contributed by atoms with Crippen LogP contribution >= 0.6 is 15.9 Å². The number of benzene rings is 2. The molecule has 0 aliphatic heterocycles. The van der Waals surface area contributed by atoms with Crippen molar-refractivity contribution in [2.45, 2.75) is 6.61 Å². The van der Waals surface area contributed by atoms with Gasteiger partial charge in [-0.1, -0.05) is 18.2 Å². The Kier molecular flexibility index (Phi) is 4.42. The van der Waals surface area contributed by atoms with Gasteiger partial charge in [-0.05, 0) is 56.7 Å². The summed E-state index contributed by atoms with van der Waals surface area (Å²) in [7, 11) is 0. The fourth-order valence-electron chi connectivity index (χ4n) is 1.93. The number of carbonyl (C=O) groups excluding carboxylic acids is 1. The van der Waals surface area contributed by atoms with Crippen LogP contribution in [0.1, 0.15) is 16.2 Å². The van der Waals surface area contributed by atoms with Gasteiger partial charge in [0.05, 0.1) is 11.3 Å². The first-order valence-corrected chi connectivity index (χ1v) is 7.39. The number of halogens is 2. The average molecular weight is 377 g/mol. The number of hydrogen-bond donors (Lipinski definition) is 0. The molecule has 0 fully saturated rings. The molecule has 116 valence electrons. The van der Waals surface area contributed by atoms with Gasteiger partial charge in [-0.25, -0.2) is 9.18 Å². The van der Waals surface area contributed by atoms with Crippen molar-refractivity contribution in [1.82, 2.24) is 20.2 Å². The van der Waals surface area contributed by atoms with E-state index in [1.54, 1.807) is 0 Å². The minimum Gasteiger partial charge on any atom is -0.454 e. The Labute approximate surface area is 139 Å². The van der Waals surface area contributed by atoms with Crippen molar-refractivity contribution in [3.63, 3.8) is 0 Å². The molecule has 0 bridgehead atoms. The summed E-state index contributed by atoms with van der Waals surface area (Å²) in [5.41, 5.74) is 0.983. The molecule has 2 aromatic carbocycles. The number of aromatic nitrogens is 4.